The van der Waals surface area contributed by atoms with E-state index in [-0.39, 0.29) is 17.7 Å². The van der Waals surface area contributed by atoms with E-state index in [2.05, 4.69) is 52.8 Å². The first-order chi connectivity index (χ1) is 28.8. The molecule has 59 heavy (non-hydrogen) atoms. The Morgan fingerprint density at radius 1 is 0.780 bits per heavy atom. The maximum Gasteiger partial charge on any atom is 0.162 e. The van der Waals surface area contributed by atoms with Crippen molar-refractivity contribution in [2.45, 2.75) is 37.9 Å². The summed E-state index contributed by atoms with van der Waals surface area (Å²) in [5.41, 5.74) is 9.35. The topological polar surface area (TPSA) is 84.4 Å². The summed E-state index contributed by atoms with van der Waals surface area (Å²) in [6, 6.07) is 32.7. The highest BCUT2D eigenvalue weighted by molar-refractivity contribution is 6.06. The summed E-state index contributed by atoms with van der Waals surface area (Å²) in [6.45, 7) is 2.26. The van der Waals surface area contributed by atoms with E-state index in [0.29, 0.717) is 11.1 Å². The Morgan fingerprint density at radius 2 is 1.54 bits per heavy atom. The standard InChI is InChI=1S/C50H35F4N5/c1-2-28(8-5-7-27-12-17-40-30(19-27)9-6-18-56-40)33-20-31-13-14-32-21-34(25-59-50(32)49(31)58-24-33)29-15-16-36-35-10-3-4-11-37(35)42(38(36)22-29)39(23-55)43-45(51)47(53)44(41-26-57-41)48(54)46(43)52/h2-6,8-22,24-25,41,43,45-47,57H,7,26H2,1H3/b8-5-,28-2+,42-39+. The van der Waals surface area contributed by atoms with Crippen LogP contribution in [0.15, 0.2) is 151 Å². The number of nitriles is 1. The molecule has 5 atom stereocenters. The molecule has 9 heteroatoms. The van der Waals surface area contributed by atoms with Crippen molar-refractivity contribution in [1.29, 1.82) is 5.26 Å². The van der Waals surface area contributed by atoms with Crippen LogP contribution in [0.5, 0.6) is 0 Å². The van der Waals surface area contributed by atoms with E-state index in [1.807, 2.05) is 79.9 Å². The zero-order valence-electron chi connectivity index (χ0n) is 31.8. The molecular weight excluding hydrogens is 747 g/mol. The van der Waals surface area contributed by atoms with Crippen LogP contribution >= 0.6 is 0 Å². The third-order valence-electron chi connectivity index (χ3n) is 11.8. The quantitative estimate of drug-likeness (QED) is 0.0572. The third-order valence-corrected chi connectivity index (χ3v) is 11.8. The highest BCUT2D eigenvalue weighted by Crippen LogP contribution is 2.51. The lowest BCUT2D eigenvalue weighted by Gasteiger charge is -2.33. The first kappa shape index (κ1) is 36.6. The Bertz CT molecular complexity index is 3050. The van der Waals surface area contributed by atoms with Gasteiger partial charge in [0.05, 0.1) is 28.5 Å². The highest BCUT2D eigenvalue weighted by Gasteiger charge is 2.52. The van der Waals surface area contributed by atoms with Gasteiger partial charge in [-0.1, -0.05) is 78.9 Å². The van der Waals surface area contributed by atoms with Gasteiger partial charge in [-0.2, -0.15) is 5.26 Å². The zero-order chi connectivity index (χ0) is 40.4. The fraction of sp³-hybridized carbons (Fsp3) is 0.160. The molecule has 288 valence electrons. The predicted octanol–water partition coefficient (Wildman–Crippen LogP) is 11.3. The average Bonchev–Trinajstić information content (AvgIpc) is 4.06. The fourth-order valence-corrected chi connectivity index (χ4v) is 8.78. The largest absolute Gasteiger partial charge is 0.307 e. The molecule has 0 saturated carbocycles. The lowest BCUT2D eigenvalue weighted by atomic mass is 9.76. The van der Waals surface area contributed by atoms with Crippen molar-refractivity contribution in [2.24, 2.45) is 5.92 Å². The summed E-state index contributed by atoms with van der Waals surface area (Å²) < 4.78 is 62.7. The molecule has 3 aromatic heterocycles. The number of pyridine rings is 3. The van der Waals surface area contributed by atoms with Crippen LogP contribution in [0, 0.1) is 17.2 Å². The second-order valence-corrected chi connectivity index (χ2v) is 15.3. The molecule has 2 aliphatic carbocycles. The fourth-order valence-electron chi connectivity index (χ4n) is 8.78. The monoisotopic (exact) mass is 781 g/mol. The van der Waals surface area contributed by atoms with Crippen LogP contribution in [0.2, 0.25) is 0 Å². The summed E-state index contributed by atoms with van der Waals surface area (Å²) >= 11 is 0. The van der Waals surface area contributed by atoms with Crippen LogP contribution in [-0.4, -0.2) is 46.1 Å². The molecule has 1 saturated heterocycles. The van der Waals surface area contributed by atoms with E-state index < -0.39 is 41.9 Å². The number of hydrogen-bond donors (Lipinski definition) is 1. The van der Waals surface area contributed by atoms with Crippen LogP contribution in [0.25, 0.3) is 66.1 Å². The minimum absolute atomic E-state index is 0.253. The molecule has 1 fully saturated rings. The Labute approximate surface area is 337 Å². The molecule has 7 aromatic rings. The maximum atomic E-state index is 15.9. The second-order valence-electron chi connectivity index (χ2n) is 15.3. The summed E-state index contributed by atoms with van der Waals surface area (Å²) in [6.07, 6.45) is 5.24. The molecule has 1 N–H and O–H groups in total. The molecule has 1 aliphatic heterocycles. The number of alkyl halides is 3. The predicted molar refractivity (Wildman–Crippen MR) is 226 cm³/mol. The lowest BCUT2D eigenvalue weighted by Crippen LogP contribution is -2.43. The van der Waals surface area contributed by atoms with Crippen molar-refractivity contribution in [2.75, 3.05) is 6.54 Å². The number of hydrogen-bond acceptors (Lipinski definition) is 5. The van der Waals surface area contributed by atoms with Gasteiger partial charge < -0.3 is 5.32 Å². The van der Waals surface area contributed by atoms with Crippen LogP contribution in [0.3, 0.4) is 0 Å². The SMILES string of the molecule is C/C=C(\C=C/Cc1ccc2ncccc2c1)c1cnc2c(ccc3cc(-c4ccc5c(c4)/C(=C(\C#N)C4C(F)C(F)=C(C6CN6)C(F)C4F)c4ccccc4-5)cnc32)c1. The van der Waals surface area contributed by atoms with Gasteiger partial charge in [0, 0.05) is 75.2 Å². The highest BCUT2D eigenvalue weighted by atomic mass is 19.2. The normalized spacial score (nSPS) is 22.2. The number of allylic oxidation sites excluding steroid dienone is 6. The van der Waals surface area contributed by atoms with Gasteiger partial charge in [0.15, 0.2) is 12.3 Å². The van der Waals surface area contributed by atoms with Gasteiger partial charge in [0.25, 0.3) is 0 Å². The summed E-state index contributed by atoms with van der Waals surface area (Å²) in [4.78, 5) is 14.2. The number of fused-ring (bicyclic) bond motifs is 7. The van der Waals surface area contributed by atoms with Crippen LogP contribution in [-0.2, 0) is 6.42 Å². The number of nitrogens with one attached hydrogen (secondary N) is 1. The number of nitrogens with zero attached hydrogens (tertiary/aromatic N) is 4. The van der Waals surface area contributed by atoms with Crippen molar-refractivity contribution in [3.05, 3.63) is 173 Å². The minimum Gasteiger partial charge on any atom is -0.307 e. The Morgan fingerprint density at radius 3 is 2.32 bits per heavy atom. The molecule has 4 aromatic carbocycles. The molecule has 5 unspecified atom stereocenters. The summed E-state index contributed by atoms with van der Waals surface area (Å²) in [5.74, 6) is -3.28. The number of rotatable bonds is 7. The smallest absolute Gasteiger partial charge is 0.162 e. The Kier molecular flexibility index (Phi) is 9.03. The Balaban J connectivity index is 0.973. The first-order valence-corrected chi connectivity index (χ1v) is 19.6. The van der Waals surface area contributed by atoms with Crippen molar-refractivity contribution in [3.8, 4) is 28.3 Å². The van der Waals surface area contributed by atoms with E-state index in [9.17, 15) is 5.26 Å². The van der Waals surface area contributed by atoms with E-state index in [0.717, 1.165) is 72.5 Å². The lowest BCUT2D eigenvalue weighted by molar-refractivity contribution is 0.0768. The van der Waals surface area contributed by atoms with E-state index in [4.69, 9.17) is 9.97 Å². The molecule has 5 nitrogen and oxygen atoms in total. The van der Waals surface area contributed by atoms with Crippen molar-refractivity contribution < 1.29 is 17.6 Å². The molecule has 0 radical (unpaired) electrons. The first-order valence-electron chi connectivity index (χ1n) is 19.6. The molecule has 0 spiro atoms. The van der Waals surface area contributed by atoms with E-state index >= 15 is 17.6 Å². The van der Waals surface area contributed by atoms with Gasteiger partial charge in [-0.3, -0.25) is 15.0 Å². The third kappa shape index (κ3) is 6.23. The molecule has 10 rings (SSSR count). The zero-order valence-corrected chi connectivity index (χ0v) is 31.8. The molecule has 3 aliphatic rings. The average molecular weight is 782 g/mol. The molecular formula is C50H35F4N5. The summed E-state index contributed by atoms with van der Waals surface area (Å²) in [5, 5.41) is 16.2. The maximum absolute atomic E-state index is 15.9. The van der Waals surface area contributed by atoms with Gasteiger partial charge in [-0.25, -0.2) is 17.6 Å². The minimum atomic E-state index is -2.50. The van der Waals surface area contributed by atoms with Gasteiger partial charge >= 0.3 is 0 Å². The summed E-state index contributed by atoms with van der Waals surface area (Å²) in [7, 11) is 0. The van der Waals surface area contributed by atoms with Crippen LogP contribution in [0.1, 0.15) is 29.2 Å². The number of aromatic nitrogens is 3. The van der Waals surface area contributed by atoms with E-state index in [1.165, 1.54) is 5.56 Å². The van der Waals surface area contributed by atoms with Gasteiger partial charge in [-0.15, -0.1) is 0 Å². The van der Waals surface area contributed by atoms with Crippen molar-refractivity contribution >= 4 is 43.9 Å². The van der Waals surface area contributed by atoms with Crippen molar-refractivity contribution in [3.63, 3.8) is 0 Å². The van der Waals surface area contributed by atoms with E-state index in [1.54, 1.807) is 24.5 Å². The molecule has 4 heterocycles. The molecule has 0 amide bonds. The number of benzene rings is 4. The van der Waals surface area contributed by atoms with Gasteiger partial charge in [0.2, 0.25) is 0 Å². The van der Waals surface area contributed by atoms with Gasteiger partial charge in [0.1, 0.15) is 12.0 Å². The van der Waals surface area contributed by atoms with Crippen LogP contribution < -0.4 is 5.32 Å². The van der Waals surface area contributed by atoms with Crippen molar-refractivity contribution in [1.82, 2.24) is 20.3 Å². The Hall–Kier alpha value is -6.76. The van der Waals surface area contributed by atoms with Gasteiger partial charge in [-0.05, 0) is 88.7 Å². The second kappa shape index (κ2) is 14.6. The molecule has 0 bridgehead atoms. The number of halogens is 4. The van der Waals surface area contributed by atoms with Crippen LogP contribution in [0.4, 0.5) is 17.6 Å².